The fourth-order valence-corrected chi connectivity index (χ4v) is 7.40. The van der Waals surface area contributed by atoms with Gasteiger partial charge in [0.05, 0.1) is 5.92 Å². The Morgan fingerprint density at radius 2 is 1.73 bits per heavy atom. The first-order valence-corrected chi connectivity index (χ1v) is 14.0. The summed E-state index contributed by atoms with van der Waals surface area (Å²) in [5.74, 6) is 3.25. The van der Waals surface area contributed by atoms with Crippen LogP contribution in [0.1, 0.15) is 109 Å². The number of fused-ring (bicyclic) bond motifs is 1. The molecule has 3 heteroatoms. The number of carbonyl (C=O) groups excluding carboxylic acids is 1. The van der Waals surface area contributed by atoms with E-state index in [4.69, 9.17) is 4.74 Å². The summed E-state index contributed by atoms with van der Waals surface area (Å²) in [5, 5.41) is 0. The molecule has 2 nitrogen and oxygen atoms in total. The SMILES string of the molecule is CCCCCCC1CCC(C2CCC3C(CCCC3C(=O)Oc3ccc(C)cc3F)C2)CC1. The summed E-state index contributed by atoms with van der Waals surface area (Å²) in [6.45, 7) is 4.14. The lowest BCUT2D eigenvalue weighted by atomic mass is 9.59. The molecule has 3 fully saturated rings. The van der Waals surface area contributed by atoms with Crippen LogP contribution in [0.3, 0.4) is 0 Å². The Kier molecular flexibility index (Phi) is 8.88. The second-order valence-corrected chi connectivity index (χ2v) is 11.5. The van der Waals surface area contributed by atoms with Crippen molar-refractivity contribution in [3.8, 4) is 5.75 Å². The van der Waals surface area contributed by atoms with E-state index in [0.29, 0.717) is 11.8 Å². The Hall–Kier alpha value is -1.38. The van der Waals surface area contributed by atoms with Gasteiger partial charge in [-0.25, -0.2) is 4.39 Å². The van der Waals surface area contributed by atoms with E-state index in [0.717, 1.165) is 42.6 Å². The van der Waals surface area contributed by atoms with Crippen molar-refractivity contribution in [2.75, 3.05) is 0 Å². The molecule has 3 saturated carbocycles. The van der Waals surface area contributed by atoms with Gasteiger partial charge in [0.15, 0.2) is 11.6 Å². The van der Waals surface area contributed by atoms with Gasteiger partial charge < -0.3 is 4.74 Å². The molecule has 33 heavy (non-hydrogen) atoms. The summed E-state index contributed by atoms with van der Waals surface area (Å²) < 4.78 is 19.8. The summed E-state index contributed by atoms with van der Waals surface area (Å²) in [6, 6.07) is 4.85. The number of rotatable bonds is 8. The van der Waals surface area contributed by atoms with Gasteiger partial charge in [-0.2, -0.15) is 0 Å². The number of aryl methyl sites for hydroxylation is 1. The molecule has 4 atom stereocenters. The van der Waals surface area contributed by atoms with Crippen LogP contribution in [0.15, 0.2) is 18.2 Å². The lowest BCUT2D eigenvalue weighted by Crippen LogP contribution is -2.40. The molecular weight excluding hydrogens is 411 g/mol. The van der Waals surface area contributed by atoms with Crippen LogP contribution in [-0.2, 0) is 4.79 Å². The molecule has 0 amide bonds. The van der Waals surface area contributed by atoms with E-state index >= 15 is 0 Å². The van der Waals surface area contributed by atoms with Crippen molar-refractivity contribution in [1.29, 1.82) is 0 Å². The Morgan fingerprint density at radius 1 is 0.939 bits per heavy atom. The van der Waals surface area contributed by atoms with E-state index in [9.17, 15) is 9.18 Å². The zero-order valence-corrected chi connectivity index (χ0v) is 21.0. The van der Waals surface area contributed by atoms with Gasteiger partial charge in [-0.3, -0.25) is 4.79 Å². The van der Waals surface area contributed by atoms with Crippen LogP contribution < -0.4 is 4.74 Å². The van der Waals surface area contributed by atoms with Gasteiger partial charge in [-0.15, -0.1) is 0 Å². The maximum atomic E-state index is 14.2. The molecule has 3 aliphatic carbocycles. The molecule has 3 aliphatic rings. The molecule has 0 saturated heterocycles. The molecule has 0 heterocycles. The number of carbonyl (C=O) groups is 1. The summed E-state index contributed by atoms with van der Waals surface area (Å²) in [6.07, 6.45) is 19.8. The zero-order chi connectivity index (χ0) is 23.2. The molecule has 1 aromatic carbocycles. The summed E-state index contributed by atoms with van der Waals surface area (Å²) in [5.41, 5.74) is 0.842. The summed E-state index contributed by atoms with van der Waals surface area (Å²) in [7, 11) is 0. The molecule has 0 N–H and O–H groups in total. The molecule has 0 aliphatic heterocycles. The Morgan fingerprint density at radius 3 is 2.48 bits per heavy atom. The highest BCUT2D eigenvalue weighted by Crippen LogP contribution is 2.50. The number of halogens is 1. The standard InChI is InChI=1S/C30H45FO2/c1-3-4-5-6-8-22-12-14-23(15-13-22)24-16-17-26-25(20-24)9-7-10-27(26)30(32)33-29-18-11-21(2)19-28(29)31/h11,18-19,22-27H,3-10,12-17,20H2,1-2H3. The Balaban J connectivity index is 1.26. The molecule has 0 spiro atoms. The normalized spacial score (nSPS) is 32.2. The number of esters is 1. The van der Waals surface area contributed by atoms with E-state index in [-0.39, 0.29) is 17.6 Å². The molecule has 4 unspecified atom stereocenters. The van der Waals surface area contributed by atoms with Crippen molar-refractivity contribution in [3.63, 3.8) is 0 Å². The molecule has 4 rings (SSSR count). The van der Waals surface area contributed by atoms with Crippen LogP contribution in [0.25, 0.3) is 0 Å². The van der Waals surface area contributed by atoms with Gasteiger partial charge in [0.2, 0.25) is 0 Å². The van der Waals surface area contributed by atoms with Crippen LogP contribution >= 0.6 is 0 Å². The molecule has 0 bridgehead atoms. The van der Waals surface area contributed by atoms with Crippen LogP contribution in [-0.4, -0.2) is 5.97 Å². The Labute approximate surface area is 201 Å². The van der Waals surface area contributed by atoms with Crippen molar-refractivity contribution >= 4 is 5.97 Å². The highest BCUT2D eigenvalue weighted by atomic mass is 19.1. The third kappa shape index (κ3) is 6.40. The largest absolute Gasteiger partial charge is 0.423 e. The van der Waals surface area contributed by atoms with Gasteiger partial charge in [0, 0.05) is 0 Å². The van der Waals surface area contributed by atoms with E-state index in [2.05, 4.69) is 6.92 Å². The minimum Gasteiger partial charge on any atom is -0.423 e. The third-order valence-corrected chi connectivity index (χ3v) is 9.31. The van der Waals surface area contributed by atoms with Crippen LogP contribution in [0.2, 0.25) is 0 Å². The van der Waals surface area contributed by atoms with Gasteiger partial charge in [-0.1, -0.05) is 70.8 Å². The quantitative estimate of drug-likeness (QED) is 0.222. The second-order valence-electron chi connectivity index (χ2n) is 11.5. The number of ether oxygens (including phenoxy) is 1. The number of benzene rings is 1. The molecule has 184 valence electrons. The molecule has 0 aromatic heterocycles. The van der Waals surface area contributed by atoms with Gasteiger partial charge in [0.1, 0.15) is 0 Å². The van der Waals surface area contributed by atoms with Gasteiger partial charge in [0.25, 0.3) is 0 Å². The number of hydrogen-bond acceptors (Lipinski definition) is 2. The van der Waals surface area contributed by atoms with E-state index in [1.807, 2.05) is 6.92 Å². The highest BCUT2D eigenvalue weighted by molar-refractivity contribution is 5.75. The minimum atomic E-state index is -0.430. The van der Waals surface area contributed by atoms with Crippen LogP contribution in [0.4, 0.5) is 4.39 Å². The van der Waals surface area contributed by atoms with Crippen molar-refractivity contribution in [3.05, 3.63) is 29.6 Å². The fourth-order valence-electron chi connectivity index (χ4n) is 7.40. The summed E-state index contributed by atoms with van der Waals surface area (Å²) >= 11 is 0. The van der Waals surface area contributed by atoms with Crippen molar-refractivity contribution in [1.82, 2.24) is 0 Å². The maximum absolute atomic E-state index is 14.2. The molecule has 0 radical (unpaired) electrons. The van der Waals surface area contributed by atoms with Crippen molar-refractivity contribution in [2.24, 2.45) is 35.5 Å². The van der Waals surface area contributed by atoms with E-state index < -0.39 is 5.82 Å². The molecular formula is C30H45FO2. The smallest absolute Gasteiger partial charge is 0.314 e. The van der Waals surface area contributed by atoms with E-state index in [1.165, 1.54) is 83.1 Å². The fraction of sp³-hybridized carbons (Fsp3) is 0.767. The average Bonchev–Trinajstić information content (AvgIpc) is 2.83. The zero-order valence-electron chi connectivity index (χ0n) is 21.0. The van der Waals surface area contributed by atoms with Crippen molar-refractivity contribution < 1.29 is 13.9 Å². The van der Waals surface area contributed by atoms with E-state index in [1.54, 1.807) is 12.1 Å². The van der Waals surface area contributed by atoms with Gasteiger partial charge >= 0.3 is 5.97 Å². The second kappa shape index (κ2) is 11.8. The average molecular weight is 457 g/mol. The highest BCUT2D eigenvalue weighted by Gasteiger charge is 2.43. The minimum absolute atomic E-state index is 0.0516. The predicted molar refractivity (Wildman–Crippen MR) is 133 cm³/mol. The maximum Gasteiger partial charge on any atom is 0.314 e. The first-order valence-electron chi connectivity index (χ1n) is 14.0. The first kappa shape index (κ1) is 24.7. The lowest BCUT2D eigenvalue weighted by molar-refractivity contribution is -0.144. The number of hydrogen-bond donors (Lipinski definition) is 0. The third-order valence-electron chi connectivity index (χ3n) is 9.31. The van der Waals surface area contributed by atoms with Crippen LogP contribution in [0.5, 0.6) is 5.75 Å². The lowest BCUT2D eigenvalue weighted by Gasteiger charge is -2.46. The predicted octanol–water partition coefficient (Wildman–Crippen LogP) is 8.65. The summed E-state index contributed by atoms with van der Waals surface area (Å²) in [4.78, 5) is 13.0. The molecule has 1 aromatic rings. The topological polar surface area (TPSA) is 26.3 Å². The Bertz CT molecular complexity index is 767. The van der Waals surface area contributed by atoms with Crippen molar-refractivity contribution in [2.45, 2.75) is 110 Å². The van der Waals surface area contributed by atoms with Gasteiger partial charge in [-0.05, 0) is 92.7 Å². The van der Waals surface area contributed by atoms with Crippen LogP contribution in [0, 0.1) is 48.2 Å². The first-order chi connectivity index (χ1) is 16.0. The number of unbranched alkanes of at least 4 members (excludes halogenated alkanes) is 3. The monoisotopic (exact) mass is 456 g/mol.